The first-order valence-electron chi connectivity index (χ1n) is 9.01. The maximum Gasteiger partial charge on any atom is 0.267 e. The largest absolute Gasteiger partial charge is 0.341 e. The van der Waals surface area contributed by atoms with Crippen LogP contribution in [0.2, 0.25) is 5.02 Å². The molecule has 132 valence electrons. The summed E-state index contributed by atoms with van der Waals surface area (Å²) in [7, 11) is 0. The Hall–Kier alpha value is -1.95. The fourth-order valence-corrected chi connectivity index (χ4v) is 3.86. The minimum Gasteiger partial charge on any atom is -0.341 e. The van der Waals surface area contributed by atoms with Crippen molar-refractivity contribution in [2.75, 3.05) is 18.0 Å². The van der Waals surface area contributed by atoms with Gasteiger partial charge in [-0.05, 0) is 50.0 Å². The molecule has 0 N–H and O–H groups in total. The van der Waals surface area contributed by atoms with E-state index in [1.165, 1.54) is 12.8 Å². The second kappa shape index (κ2) is 7.12. The maximum atomic E-state index is 12.3. The summed E-state index contributed by atoms with van der Waals surface area (Å²) in [6, 6.07) is 1.80. The highest BCUT2D eigenvalue weighted by atomic mass is 35.5. The highest BCUT2D eigenvalue weighted by Gasteiger charge is 2.22. The number of hydrogen-bond donors (Lipinski definition) is 0. The number of nitrogens with zero attached hydrogens (tertiary/aromatic N) is 5. The van der Waals surface area contributed by atoms with Gasteiger partial charge in [-0.3, -0.25) is 4.79 Å². The van der Waals surface area contributed by atoms with Crippen LogP contribution >= 0.6 is 11.6 Å². The van der Waals surface area contributed by atoms with E-state index < -0.39 is 0 Å². The van der Waals surface area contributed by atoms with Crippen molar-refractivity contribution in [2.45, 2.75) is 45.1 Å². The molecule has 1 aliphatic heterocycles. The summed E-state index contributed by atoms with van der Waals surface area (Å²) in [5.74, 6) is 1.20. The average Bonchev–Trinajstić information content (AvgIpc) is 2.64. The van der Waals surface area contributed by atoms with Crippen molar-refractivity contribution in [3.8, 4) is 0 Å². The Morgan fingerprint density at radius 3 is 2.60 bits per heavy atom. The Morgan fingerprint density at radius 2 is 1.84 bits per heavy atom. The Labute approximate surface area is 151 Å². The molecule has 0 amide bonds. The van der Waals surface area contributed by atoms with Crippen molar-refractivity contribution in [1.82, 2.24) is 19.7 Å². The summed E-state index contributed by atoms with van der Waals surface area (Å²) in [4.78, 5) is 23.1. The van der Waals surface area contributed by atoms with E-state index >= 15 is 0 Å². The standard InChI is InChI=1S/C18H22ClN5O/c19-15-10-20-18(21-11-15)23-7-5-13(6-8-23)12-24-17(25)9-14-3-1-2-4-16(14)22-24/h9-11,13H,1-8,12H2. The topological polar surface area (TPSA) is 63.9 Å². The van der Waals surface area contributed by atoms with Gasteiger partial charge in [-0.25, -0.2) is 14.6 Å². The van der Waals surface area contributed by atoms with E-state index in [0.717, 1.165) is 56.0 Å². The lowest BCUT2D eigenvalue weighted by molar-refractivity contribution is 0.330. The van der Waals surface area contributed by atoms with Crippen molar-refractivity contribution in [1.29, 1.82) is 0 Å². The lowest BCUT2D eigenvalue weighted by Crippen LogP contribution is -2.38. The van der Waals surface area contributed by atoms with Crippen molar-refractivity contribution < 1.29 is 0 Å². The van der Waals surface area contributed by atoms with Gasteiger partial charge in [0.25, 0.3) is 5.56 Å². The molecule has 4 rings (SSSR count). The van der Waals surface area contributed by atoms with Crippen molar-refractivity contribution >= 4 is 17.5 Å². The molecular formula is C18H22ClN5O. The Balaban J connectivity index is 1.40. The molecule has 1 aliphatic carbocycles. The Bertz CT molecular complexity index is 796. The molecule has 3 heterocycles. The lowest BCUT2D eigenvalue weighted by Gasteiger charge is -2.32. The van der Waals surface area contributed by atoms with Gasteiger partial charge in [-0.15, -0.1) is 0 Å². The summed E-state index contributed by atoms with van der Waals surface area (Å²) >= 11 is 5.85. The molecule has 7 heteroatoms. The molecule has 2 aromatic rings. The molecule has 0 aromatic carbocycles. The zero-order valence-corrected chi connectivity index (χ0v) is 15.0. The number of aryl methyl sites for hydroxylation is 2. The second-order valence-corrected chi connectivity index (χ2v) is 7.41. The van der Waals surface area contributed by atoms with E-state index in [1.807, 2.05) is 0 Å². The Kier molecular flexibility index (Phi) is 4.70. The number of rotatable bonds is 3. The number of piperidine rings is 1. The van der Waals surface area contributed by atoms with Crippen LogP contribution in [0, 0.1) is 5.92 Å². The number of hydrogen-bond acceptors (Lipinski definition) is 5. The van der Waals surface area contributed by atoms with Crippen LogP contribution in [-0.4, -0.2) is 32.8 Å². The molecule has 6 nitrogen and oxygen atoms in total. The predicted molar refractivity (Wildman–Crippen MR) is 97.1 cm³/mol. The third kappa shape index (κ3) is 3.68. The van der Waals surface area contributed by atoms with Gasteiger partial charge in [0.2, 0.25) is 5.95 Å². The van der Waals surface area contributed by atoms with Gasteiger partial charge < -0.3 is 4.90 Å². The van der Waals surface area contributed by atoms with Crippen LogP contribution in [0.15, 0.2) is 23.3 Å². The van der Waals surface area contributed by atoms with Crippen LogP contribution in [-0.2, 0) is 19.4 Å². The van der Waals surface area contributed by atoms with Gasteiger partial charge in [-0.2, -0.15) is 5.10 Å². The zero-order valence-electron chi connectivity index (χ0n) is 14.2. The van der Waals surface area contributed by atoms with E-state index in [4.69, 9.17) is 11.6 Å². The first-order chi connectivity index (χ1) is 12.2. The molecule has 0 atom stereocenters. The number of halogens is 1. The smallest absolute Gasteiger partial charge is 0.267 e. The fraction of sp³-hybridized carbons (Fsp3) is 0.556. The molecule has 1 saturated heterocycles. The third-order valence-corrected chi connectivity index (χ3v) is 5.40. The molecule has 25 heavy (non-hydrogen) atoms. The summed E-state index contributed by atoms with van der Waals surface area (Å²) in [5.41, 5.74) is 2.32. The Morgan fingerprint density at radius 1 is 1.12 bits per heavy atom. The third-order valence-electron chi connectivity index (χ3n) is 5.21. The van der Waals surface area contributed by atoms with Crippen LogP contribution in [0.25, 0.3) is 0 Å². The monoisotopic (exact) mass is 359 g/mol. The van der Waals surface area contributed by atoms with E-state index in [9.17, 15) is 4.79 Å². The zero-order chi connectivity index (χ0) is 17.2. The van der Waals surface area contributed by atoms with Crippen molar-refractivity contribution in [2.24, 2.45) is 5.92 Å². The molecule has 0 unspecified atom stereocenters. The molecule has 0 spiro atoms. The van der Waals surface area contributed by atoms with Crippen LogP contribution < -0.4 is 10.5 Å². The molecule has 0 radical (unpaired) electrons. The van der Waals surface area contributed by atoms with Crippen LogP contribution in [0.5, 0.6) is 0 Å². The summed E-state index contributed by atoms with van der Waals surface area (Å²) in [6.07, 6.45) is 9.63. The second-order valence-electron chi connectivity index (χ2n) is 6.98. The quantitative estimate of drug-likeness (QED) is 0.842. The highest BCUT2D eigenvalue weighted by Crippen LogP contribution is 2.22. The van der Waals surface area contributed by atoms with E-state index in [2.05, 4.69) is 20.0 Å². The van der Waals surface area contributed by atoms with E-state index in [-0.39, 0.29) is 5.56 Å². The molecule has 2 aliphatic rings. The van der Waals surface area contributed by atoms with Gasteiger partial charge in [-0.1, -0.05) is 11.6 Å². The molecule has 2 aromatic heterocycles. The van der Waals surface area contributed by atoms with E-state index in [0.29, 0.717) is 17.5 Å². The first-order valence-corrected chi connectivity index (χ1v) is 9.39. The van der Waals surface area contributed by atoms with Crippen LogP contribution in [0.3, 0.4) is 0 Å². The van der Waals surface area contributed by atoms with Gasteiger partial charge in [0, 0.05) is 25.7 Å². The highest BCUT2D eigenvalue weighted by molar-refractivity contribution is 6.30. The predicted octanol–water partition coefficient (Wildman–Crippen LogP) is 2.48. The summed E-state index contributed by atoms with van der Waals surface area (Å²) in [6.45, 7) is 2.50. The lowest BCUT2D eigenvalue weighted by atomic mass is 9.96. The van der Waals surface area contributed by atoms with E-state index in [1.54, 1.807) is 23.1 Å². The van der Waals surface area contributed by atoms with Gasteiger partial charge in [0.15, 0.2) is 0 Å². The van der Waals surface area contributed by atoms with Gasteiger partial charge in [0.05, 0.1) is 23.1 Å². The number of aromatic nitrogens is 4. The SMILES string of the molecule is O=c1cc2c(nn1CC1CCN(c3ncc(Cl)cn3)CC1)CCCC2. The number of anilines is 1. The minimum atomic E-state index is 0.0455. The van der Waals surface area contributed by atoms with Gasteiger partial charge >= 0.3 is 0 Å². The summed E-state index contributed by atoms with van der Waals surface area (Å²) < 4.78 is 1.68. The molecule has 1 fully saturated rings. The van der Waals surface area contributed by atoms with Crippen molar-refractivity contribution in [3.05, 3.63) is 45.1 Å². The molecule has 0 saturated carbocycles. The fourth-order valence-electron chi connectivity index (χ4n) is 3.76. The van der Waals surface area contributed by atoms with Crippen LogP contribution in [0.4, 0.5) is 5.95 Å². The van der Waals surface area contributed by atoms with Gasteiger partial charge in [0.1, 0.15) is 0 Å². The first kappa shape index (κ1) is 16.5. The van der Waals surface area contributed by atoms with Crippen LogP contribution in [0.1, 0.15) is 36.9 Å². The number of fused-ring (bicyclic) bond motifs is 1. The molecular weight excluding hydrogens is 338 g/mol. The maximum absolute atomic E-state index is 12.3. The average molecular weight is 360 g/mol. The minimum absolute atomic E-state index is 0.0455. The normalized spacial score (nSPS) is 18.2. The van der Waals surface area contributed by atoms with Crippen molar-refractivity contribution in [3.63, 3.8) is 0 Å². The summed E-state index contributed by atoms with van der Waals surface area (Å²) in [5, 5.41) is 5.20. The molecule has 0 bridgehead atoms.